The lowest BCUT2D eigenvalue weighted by Crippen LogP contribution is -2.52. The topological polar surface area (TPSA) is 75.4 Å². The molecule has 0 saturated heterocycles. The summed E-state index contributed by atoms with van der Waals surface area (Å²) in [5, 5.41) is 2.69. The highest BCUT2D eigenvalue weighted by molar-refractivity contribution is 9.10. The lowest BCUT2D eigenvalue weighted by Gasteiger charge is -2.31. The predicted octanol–water partition coefficient (Wildman–Crippen LogP) is 2.95. The number of nitrogens with one attached hydrogen (secondary N) is 1. The Kier molecular flexibility index (Phi) is 8.38. The second-order valence-electron chi connectivity index (χ2n) is 6.69. The number of carbonyl (C=O) groups is 2. The molecule has 1 unspecified atom stereocenters. The minimum atomic E-state index is -1.18. The van der Waals surface area contributed by atoms with Gasteiger partial charge in [0.2, 0.25) is 11.8 Å². The van der Waals surface area contributed by atoms with Crippen LogP contribution >= 0.6 is 28.3 Å². The van der Waals surface area contributed by atoms with E-state index in [4.69, 9.17) is 5.73 Å². The average molecular weight is 433 g/mol. The number of carbonyl (C=O) groups excluding carboxylic acids is 2. The van der Waals surface area contributed by atoms with Gasteiger partial charge in [-0.15, -0.1) is 12.4 Å². The number of nitrogens with two attached hydrogens (primary N) is 1. The van der Waals surface area contributed by atoms with E-state index in [9.17, 15) is 9.59 Å². The van der Waals surface area contributed by atoms with Gasteiger partial charge in [-0.25, -0.2) is 0 Å². The van der Waals surface area contributed by atoms with E-state index in [0.717, 1.165) is 17.3 Å². The van der Waals surface area contributed by atoms with Crippen LogP contribution in [0.15, 0.2) is 28.7 Å². The highest BCUT2D eigenvalue weighted by atomic mass is 79.9. The molecule has 2 amide bonds. The van der Waals surface area contributed by atoms with Crippen molar-refractivity contribution in [3.8, 4) is 0 Å². The molecule has 1 saturated carbocycles. The molecule has 0 spiro atoms. The fourth-order valence-corrected chi connectivity index (χ4v) is 3.33. The molecule has 0 radical (unpaired) electrons. The Morgan fingerprint density at radius 3 is 2.36 bits per heavy atom. The summed E-state index contributed by atoms with van der Waals surface area (Å²) in [5.74, 6) is -0.419. The minimum Gasteiger partial charge on any atom is -0.345 e. The monoisotopic (exact) mass is 431 g/mol. The van der Waals surface area contributed by atoms with Crippen molar-refractivity contribution < 1.29 is 9.59 Å². The molecule has 2 rings (SSSR count). The van der Waals surface area contributed by atoms with Crippen LogP contribution < -0.4 is 11.1 Å². The van der Waals surface area contributed by atoms with Crippen molar-refractivity contribution >= 4 is 40.2 Å². The molecule has 0 heterocycles. The van der Waals surface area contributed by atoms with Crippen LogP contribution in [0.25, 0.3) is 0 Å². The normalized spacial score (nSPS) is 17.1. The number of hydrogen-bond donors (Lipinski definition) is 2. The van der Waals surface area contributed by atoms with Gasteiger partial charge in [-0.1, -0.05) is 47.3 Å². The first-order valence-corrected chi connectivity index (χ1v) is 9.20. The van der Waals surface area contributed by atoms with Gasteiger partial charge in [0.25, 0.3) is 0 Å². The molecule has 7 heteroatoms. The van der Waals surface area contributed by atoms with E-state index >= 15 is 0 Å². The smallest absolute Gasteiger partial charge is 0.244 e. The number of halogens is 2. The second-order valence-corrected chi connectivity index (χ2v) is 7.60. The summed E-state index contributed by atoms with van der Waals surface area (Å²) in [6.07, 6.45) is 5.67. The van der Waals surface area contributed by atoms with E-state index in [1.54, 1.807) is 24.0 Å². The highest BCUT2D eigenvalue weighted by Gasteiger charge is 2.31. The minimum absolute atomic E-state index is 0. The van der Waals surface area contributed by atoms with E-state index in [1.807, 2.05) is 19.2 Å². The predicted molar refractivity (Wildman–Crippen MR) is 106 cm³/mol. The Bertz CT molecular complexity index is 586. The molecular weight excluding hydrogens is 406 g/mol. The maximum atomic E-state index is 12.4. The first kappa shape index (κ1) is 21.9. The molecule has 25 heavy (non-hydrogen) atoms. The standard InChI is InChI=1S/C18H26BrN3O2.ClH/c1-18(20,13-8-10-14(19)11-9-13)17(24)21-12-16(23)22(2)15-6-4-3-5-7-15;/h8-11,15H,3-7,12,20H2,1-2H3,(H,21,24);1H. The summed E-state index contributed by atoms with van der Waals surface area (Å²) >= 11 is 3.36. The number of amides is 2. The van der Waals surface area contributed by atoms with Crippen molar-refractivity contribution in [2.24, 2.45) is 5.73 Å². The van der Waals surface area contributed by atoms with Crippen molar-refractivity contribution in [1.82, 2.24) is 10.2 Å². The van der Waals surface area contributed by atoms with Gasteiger partial charge in [0.15, 0.2) is 0 Å². The Balaban J connectivity index is 0.00000312. The summed E-state index contributed by atoms with van der Waals surface area (Å²) in [6.45, 7) is 1.63. The zero-order valence-electron chi connectivity index (χ0n) is 14.8. The summed E-state index contributed by atoms with van der Waals surface area (Å²) in [7, 11) is 1.82. The molecule has 0 bridgehead atoms. The zero-order valence-corrected chi connectivity index (χ0v) is 17.2. The van der Waals surface area contributed by atoms with E-state index in [0.29, 0.717) is 11.6 Å². The van der Waals surface area contributed by atoms with Gasteiger partial charge in [-0.3, -0.25) is 9.59 Å². The first-order valence-electron chi connectivity index (χ1n) is 8.41. The number of benzene rings is 1. The van der Waals surface area contributed by atoms with Gasteiger partial charge >= 0.3 is 0 Å². The van der Waals surface area contributed by atoms with Crippen LogP contribution in [0, 0.1) is 0 Å². The van der Waals surface area contributed by atoms with Crippen molar-refractivity contribution in [1.29, 1.82) is 0 Å². The zero-order chi connectivity index (χ0) is 17.7. The van der Waals surface area contributed by atoms with Gasteiger partial charge in [0, 0.05) is 17.6 Å². The molecule has 3 N–H and O–H groups in total. The van der Waals surface area contributed by atoms with Crippen LogP contribution in [0.5, 0.6) is 0 Å². The lowest BCUT2D eigenvalue weighted by atomic mass is 9.92. The summed E-state index contributed by atoms with van der Waals surface area (Å²) in [6, 6.07) is 7.59. The average Bonchev–Trinajstić information content (AvgIpc) is 2.59. The highest BCUT2D eigenvalue weighted by Crippen LogP contribution is 2.22. The third kappa shape index (κ3) is 5.69. The molecule has 1 aromatic carbocycles. The van der Waals surface area contributed by atoms with E-state index in [2.05, 4.69) is 21.2 Å². The molecule has 1 aromatic rings. The number of hydrogen-bond acceptors (Lipinski definition) is 3. The van der Waals surface area contributed by atoms with Gasteiger partial charge in [0.1, 0.15) is 5.54 Å². The molecule has 0 aliphatic heterocycles. The Morgan fingerprint density at radius 1 is 1.24 bits per heavy atom. The van der Waals surface area contributed by atoms with Gasteiger partial charge in [-0.2, -0.15) is 0 Å². The quantitative estimate of drug-likeness (QED) is 0.751. The van der Waals surface area contributed by atoms with Crippen molar-refractivity contribution in [3.05, 3.63) is 34.3 Å². The molecule has 1 aliphatic carbocycles. The molecule has 140 valence electrons. The van der Waals surface area contributed by atoms with Gasteiger partial charge in [-0.05, 0) is 37.5 Å². The number of likely N-dealkylation sites (N-methyl/N-ethyl adjacent to an activating group) is 1. The van der Waals surface area contributed by atoms with Gasteiger partial charge < -0.3 is 16.0 Å². The fraction of sp³-hybridized carbons (Fsp3) is 0.556. The lowest BCUT2D eigenvalue weighted by molar-refractivity contribution is -0.135. The van der Waals surface area contributed by atoms with Crippen molar-refractivity contribution in [2.45, 2.75) is 50.6 Å². The van der Waals surface area contributed by atoms with E-state index in [1.165, 1.54) is 19.3 Å². The summed E-state index contributed by atoms with van der Waals surface area (Å²) in [5.41, 5.74) is 5.71. The summed E-state index contributed by atoms with van der Waals surface area (Å²) in [4.78, 5) is 26.5. The maximum Gasteiger partial charge on any atom is 0.244 e. The van der Waals surface area contributed by atoms with Crippen LogP contribution in [0.1, 0.15) is 44.6 Å². The van der Waals surface area contributed by atoms with Crippen LogP contribution in [0.3, 0.4) is 0 Å². The molecule has 0 aromatic heterocycles. The molecule has 1 fully saturated rings. The second kappa shape index (κ2) is 9.55. The molecule has 1 atom stereocenters. The van der Waals surface area contributed by atoms with E-state index < -0.39 is 5.54 Å². The Hall–Kier alpha value is -1.11. The van der Waals surface area contributed by atoms with E-state index in [-0.39, 0.29) is 30.8 Å². The Morgan fingerprint density at radius 2 is 1.80 bits per heavy atom. The number of nitrogens with zero attached hydrogens (tertiary/aromatic N) is 1. The van der Waals surface area contributed by atoms with Crippen LogP contribution in [-0.2, 0) is 15.1 Å². The van der Waals surface area contributed by atoms with Gasteiger partial charge in [0.05, 0.1) is 6.54 Å². The van der Waals surface area contributed by atoms with Crippen LogP contribution in [-0.4, -0.2) is 36.3 Å². The molecular formula is C18H27BrClN3O2. The van der Waals surface area contributed by atoms with Crippen molar-refractivity contribution in [2.75, 3.05) is 13.6 Å². The SMILES string of the molecule is CN(C(=O)CNC(=O)C(C)(N)c1ccc(Br)cc1)C1CCCCC1.Cl. The third-order valence-corrected chi connectivity index (χ3v) is 5.36. The fourth-order valence-electron chi connectivity index (χ4n) is 3.06. The first-order chi connectivity index (χ1) is 11.3. The largest absolute Gasteiger partial charge is 0.345 e. The third-order valence-electron chi connectivity index (χ3n) is 4.83. The molecule has 1 aliphatic rings. The van der Waals surface area contributed by atoms with Crippen molar-refractivity contribution in [3.63, 3.8) is 0 Å². The number of rotatable bonds is 5. The van der Waals surface area contributed by atoms with Crippen LogP contribution in [0.4, 0.5) is 0 Å². The van der Waals surface area contributed by atoms with Crippen LogP contribution in [0.2, 0.25) is 0 Å². The Labute approximate surface area is 164 Å². The molecule has 5 nitrogen and oxygen atoms in total. The maximum absolute atomic E-state index is 12.4. The summed E-state index contributed by atoms with van der Waals surface area (Å²) < 4.78 is 0.923.